The van der Waals surface area contributed by atoms with Crippen molar-refractivity contribution in [3.8, 4) is 10.4 Å². The summed E-state index contributed by atoms with van der Waals surface area (Å²) >= 11 is 1.55. The Kier molecular flexibility index (Phi) is 2.27. The average Bonchev–Trinajstić information content (AvgIpc) is 2.94. The lowest BCUT2D eigenvalue weighted by molar-refractivity contribution is 0.0687. The van der Waals surface area contributed by atoms with Crippen molar-refractivity contribution in [1.82, 2.24) is 14.6 Å². The molecule has 0 aliphatic heterocycles. The van der Waals surface area contributed by atoms with Crippen LogP contribution in [0.4, 0.5) is 5.95 Å². The van der Waals surface area contributed by atoms with E-state index in [2.05, 4.69) is 10.1 Å². The quantitative estimate of drug-likeness (QED) is 0.732. The molecule has 0 saturated carbocycles. The molecule has 0 radical (unpaired) electrons. The number of anilines is 1. The largest absolute Gasteiger partial charge is 0.477 e. The summed E-state index contributed by atoms with van der Waals surface area (Å²) in [5, 5.41) is 14.9. The highest BCUT2D eigenvalue weighted by Gasteiger charge is 2.16. The molecule has 0 unspecified atom stereocenters. The van der Waals surface area contributed by atoms with E-state index < -0.39 is 5.97 Å². The topological polar surface area (TPSA) is 93.5 Å². The minimum absolute atomic E-state index is 0.0366. The Labute approximate surface area is 105 Å². The van der Waals surface area contributed by atoms with E-state index >= 15 is 0 Å². The van der Waals surface area contributed by atoms with Gasteiger partial charge >= 0.3 is 5.97 Å². The molecule has 3 rings (SSSR count). The number of fused-ring (bicyclic) bond motifs is 1. The van der Waals surface area contributed by atoms with Crippen molar-refractivity contribution in [2.45, 2.75) is 0 Å². The number of nitrogen functional groups attached to an aromatic ring is 1. The van der Waals surface area contributed by atoms with Crippen LogP contribution in [-0.2, 0) is 0 Å². The van der Waals surface area contributed by atoms with Crippen LogP contribution in [0, 0.1) is 0 Å². The van der Waals surface area contributed by atoms with Gasteiger partial charge < -0.3 is 10.8 Å². The first-order valence-corrected chi connectivity index (χ1v) is 5.97. The third-order valence-corrected chi connectivity index (χ3v) is 3.41. The van der Waals surface area contributed by atoms with E-state index in [0.29, 0.717) is 5.65 Å². The fourth-order valence-electron chi connectivity index (χ4n) is 1.76. The highest BCUT2D eigenvalue weighted by atomic mass is 32.1. The van der Waals surface area contributed by atoms with Gasteiger partial charge in [-0.1, -0.05) is 6.07 Å². The highest BCUT2D eigenvalue weighted by Crippen LogP contribution is 2.28. The molecule has 0 amide bonds. The van der Waals surface area contributed by atoms with E-state index in [4.69, 9.17) is 10.8 Å². The van der Waals surface area contributed by atoms with Gasteiger partial charge in [0.1, 0.15) is 0 Å². The van der Waals surface area contributed by atoms with Gasteiger partial charge in [-0.25, -0.2) is 9.31 Å². The molecule has 18 heavy (non-hydrogen) atoms. The molecule has 0 aliphatic carbocycles. The van der Waals surface area contributed by atoms with Crippen LogP contribution in [0.2, 0.25) is 0 Å². The molecule has 3 heterocycles. The molecule has 6 nitrogen and oxygen atoms in total. The molecule has 0 bridgehead atoms. The number of hydrogen-bond donors (Lipinski definition) is 2. The number of nitrogens with zero attached hydrogens (tertiary/aromatic N) is 3. The standard InChI is InChI=1S/C11H8N4O2S/c12-11-13-9-6(8-2-1-5-18-8)3-4-7(10(16)17)15(9)14-11/h1-5H,(H2,12,14)(H,16,17). The minimum atomic E-state index is -1.07. The van der Waals surface area contributed by atoms with Crippen LogP contribution in [0.15, 0.2) is 29.6 Å². The zero-order chi connectivity index (χ0) is 12.7. The molecular formula is C11H8N4O2S. The number of aromatic nitrogens is 3. The molecule has 0 saturated heterocycles. The van der Waals surface area contributed by atoms with Crippen molar-refractivity contribution in [1.29, 1.82) is 0 Å². The van der Waals surface area contributed by atoms with E-state index in [1.165, 1.54) is 10.6 Å². The average molecular weight is 260 g/mol. The molecular weight excluding hydrogens is 252 g/mol. The zero-order valence-electron chi connectivity index (χ0n) is 9.07. The third-order valence-electron chi connectivity index (χ3n) is 2.51. The number of hydrogen-bond acceptors (Lipinski definition) is 5. The van der Waals surface area contributed by atoms with E-state index in [1.807, 2.05) is 17.5 Å². The molecule has 3 N–H and O–H groups in total. The van der Waals surface area contributed by atoms with Crippen molar-refractivity contribution in [3.05, 3.63) is 35.3 Å². The summed E-state index contributed by atoms with van der Waals surface area (Å²) in [6, 6.07) is 7.07. The number of aromatic carboxylic acids is 1. The van der Waals surface area contributed by atoms with Gasteiger partial charge in [-0.15, -0.1) is 16.4 Å². The third kappa shape index (κ3) is 1.52. The second-order valence-electron chi connectivity index (χ2n) is 3.62. The van der Waals surface area contributed by atoms with E-state index in [9.17, 15) is 4.79 Å². The molecule has 0 aliphatic rings. The van der Waals surface area contributed by atoms with Gasteiger partial charge in [-0.05, 0) is 23.6 Å². The van der Waals surface area contributed by atoms with Gasteiger partial charge in [0.15, 0.2) is 11.3 Å². The van der Waals surface area contributed by atoms with Crippen molar-refractivity contribution in [2.75, 3.05) is 5.73 Å². The summed E-state index contributed by atoms with van der Waals surface area (Å²) in [4.78, 5) is 16.2. The van der Waals surface area contributed by atoms with E-state index in [1.54, 1.807) is 17.4 Å². The highest BCUT2D eigenvalue weighted by molar-refractivity contribution is 7.13. The van der Waals surface area contributed by atoms with Gasteiger partial charge in [0.25, 0.3) is 0 Å². The Morgan fingerprint density at radius 2 is 2.22 bits per heavy atom. The number of carboxylic acids is 1. The molecule has 3 aromatic rings. The van der Waals surface area contributed by atoms with E-state index in [0.717, 1.165) is 10.4 Å². The van der Waals surface area contributed by atoms with Crippen molar-refractivity contribution >= 4 is 28.9 Å². The number of carbonyl (C=O) groups is 1. The van der Waals surface area contributed by atoms with Crippen molar-refractivity contribution < 1.29 is 9.90 Å². The van der Waals surface area contributed by atoms with Crippen molar-refractivity contribution in [2.24, 2.45) is 0 Å². The zero-order valence-corrected chi connectivity index (χ0v) is 9.89. The lowest BCUT2D eigenvalue weighted by Crippen LogP contribution is -2.06. The fourth-order valence-corrected chi connectivity index (χ4v) is 2.51. The molecule has 3 aromatic heterocycles. The lowest BCUT2D eigenvalue weighted by Gasteiger charge is -2.02. The summed E-state index contributed by atoms with van der Waals surface area (Å²) in [6.07, 6.45) is 0. The monoisotopic (exact) mass is 260 g/mol. The Bertz CT molecular complexity index is 733. The number of thiophene rings is 1. The van der Waals surface area contributed by atoms with Crippen LogP contribution < -0.4 is 5.73 Å². The number of nitrogens with two attached hydrogens (primary N) is 1. The van der Waals surface area contributed by atoms with Crippen LogP contribution >= 0.6 is 11.3 Å². The number of rotatable bonds is 2. The summed E-state index contributed by atoms with van der Waals surface area (Å²) in [5.74, 6) is -1.01. The summed E-state index contributed by atoms with van der Waals surface area (Å²) in [5.41, 5.74) is 6.86. The maximum Gasteiger partial charge on any atom is 0.354 e. The first-order chi connectivity index (χ1) is 8.66. The predicted octanol–water partition coefficient (Wildman–Crippen LogP) is 1.74. The van der Waals surface area contributed by atoms with Gasteiger partial charge in [0.2, 0.25) is 5.95 Å². The number of pyridine rings is 1. The van der Waals surface area contributed by atoms with Crippen LogP contribution in [0.3, 0.4) is 0 Å². The number of carboxylic acid groups (broad SMARTS) is 1. The van der Waals surface area contributed by atoms with Gasteiger partial charge in [-0.3, -0.25) is 0 Å². The SMILES string of the molecule is Nc1nc2c(-c3cccs3)ccc(C(=O)O)n2n1. The smallest absolute Gasteiger partial charge is 0.354 e. The first-order valence-electron chi connectivity index (χ1n) is 5.09. The van der Waals surface area contributed by atoms with Gasteiger partial charge in [-0.2, -0.15) is 4.98 Å². The summed E-state index contributed by atoms with van der Waals surface area (Å²) < 4.78 is 1.26. The summed E-state index contributed by atoms with van der Waals surface area (Å²) in [6.45, 7) is 0. The maximum atomic E-state index is 11.1. The molecule has 0 aromatic carbocycles. The van der Waals surface area contributed by atoms with Crippen LogP contribution in [0.1, 0.15) is 10.5 Å². The second kappa shape index (κ2) is 3.81. The minimum Gasteiger partial charge on any atom is -0.477 e. The van der Waals surface area contributed by atoms with E-state index in [-0.39, 0.29) is 11.6 Å². The first kappa shape index (κ1) is 10.7. The molecule has 0 spiro atoms. The Morgan fingerprint density at radius 1 is 1.39 bits per heavy atom. The fraction of sp³-hybridized carbons (Fsp3) is 0. The van der Waals surface area contributed by atoms with Gasteiger partial charge in [0, 0.05) is 10.4 Å². The Hall–Kier alpha value is -2.41. The van der Waals surface area contributed by atoms with Crippen LogP contribution in [-0.4, -0.2) is 25.7 Å². The van der Waals surface area contributed by atoms with Crippen LogP contribution in [0.25, 0.3) is 16.1 Å². The Balaban J connectivity index is 2.36. The predicted molar refractivity (Wildman–Crippen MR) is 67.7 cm³/mol. The van der Waals surface area contributed by atoms with Crippen LogP contribution in [0.5, 0.6) is 0 Å². The van der Waals surface area contributed by atoms with Crippen molar-refractivity contribution in [3.63, 3.8) is 0 Å². The molecule has 0 atom stereocenters. The molecule has 7 heteroatoms. The lowest BCUT2D eigenvalue weighted by atomic mass is 10.2. The maximum absolute atomic E-state index is 11.1. The second-order valence-corrected chi connectivity index (χ2v) is 4.57. The normalized spacial score (nSPS) is 10.9. The van der Waals surface area contributed by atoms with Gasteiger partial charge in [0.05, 0.1) is 0 Å². The molecule has 90 valence electrons. The molecule has 0 fully saturated rings. The summed E-state index contributed by atoms with van der Waals surface area (Å²) in [7, 11) is 0. The Morgan fingerprint density at radius 3 is 2.89 bits per heavy atom.